The molecule has 2 aliphatic carbocycles. The van der Waals surface area contributed by atoms with Gasteiger partial charge in [0.25, 0.3) is 5.91 Å². The Morgan fingerprint density at radius 2 is 1.64 bits per heavy atom. The van der Waals surface area contributed by atoms with Crippen LogP contribution in [0.25, 0.3) is 32.2 Å². The summed E-state index contributed by atoms with van der Waals surface area (Å²) in [6.45, 7) is 8.07. The largest absolute Gasteiger partial charge is 0.490 e. The number of aromatic carboxylic acids is 1. The second-order valence-corrected chi connectivity index (χ2v) is 22.1. The molecule has 380 valence electrons. The molecule has 12 rings (SSSR count). The minimum atomic E-state index is -1.10. The van der Waals surface area contributed by atoms with Gasteiger partial charge in [-0.15, -0.1) is 0 Å². The highest BCUT2D eigenvalue weighted by Gasteiger charge is 2.42. The summed E-state index contributed by atoms with van der Waals surface area (Å²) < 4.78 is 9.69. The number of ether oxygens (including phenoxy) is 1. The third-order valence-electron chi connectivity index (χ3n) is 16.6. The van der Waals surface area contributed by atoms with Crippen LogP contribution in [0, 0.1) is 24.7 Å². The Morgan fingerprint density at radius 1 is 0.838 bits per heavy atom. The molecule has 3 aliphatic heterocycles. The molecule has 74 heavy (non-hydrogen) atoms. The Kier molecular flexibility index (Phi) is 12.9. The number of nitrogens with zero attached hydrogens (tertiary/aromatic N) is 7. The molecule has 3 atom stereocenters. The number of benzene rings is 4. The standard InChI is InChI=1S/C58H61N9O6S/c1-34-40(41-18-20-50(60-53(41)57(71)72)67-24-22-36-10-5-12-42(45(36)33-67)55(69)62-58-59-46-14-3-4-17-49(46)74-58)11-7-16-48(34)73-39-31-37-29-35(30-38(37)32-39)9-8-23-65-25-27-66(28-26-65)47-15-6-13-43-52(63-64(2)54(43)47)44-19-21-51(68)61-56(44)70/h3-7,10-18,20,35,37-39,44H,8-9,19,21-33H2,1-2H3,(H,71,72)(H,59,62,69)(H,61,68,70). The first kappa shape index (κ1) is 47.8. The fourth-order valence-corrected chi connectivity index (χ4v) is 13.8. The first-order chi connectivity index (χ1) is 36.0. The van der Waals surface area contributed by atoms with Gasteiger partial charge >= 0.3 is 5.97 Å². The molecule has 3 aromatic heterocycles. The molecule has 16 heteroatoms. The lowest BCUT2D eigenvalue weighted by Gasteiger charge is -2.36. The van der Waals surface area contributed by atoms with E-state index in [1.807, 2.05) is 91.4 Å². The van der Waals surface area contributed by atoms with Crippen LogP contribution in [0.1, 0.15) is 101 Å². The van der Waals surface area contributed by atoms with Crippen LogP contribution in [-0.4, -0.2) is 98.8 Å². The van der Waals surface area contributed by atoms with Crippen molar-refractivity contribution in [1.29, 1.82) is 0 Å². The van der Waals surface area contributed by atoms with Gasteiger partial charge in [0.15, 0.2) is 10.8 Å². The molecule has 4 fully saturated rings. The topological polar surface area (TPSA) is 175 Å². The number of carbonyl (C=O) groups is 4. The minimum Gasteiger partial charge on any atom is -0.490 e. The summed E-state index contributed by atoms with van der Waals surface area (Å²) in [6, 6.07) is 29.6. The van der Waals surface area contributed by atoms with Crippen molar-refractivity contribution in [3.8, 4) is 16.9 Å². The van der Waals surface area contributed by atoms with Crippen molar-refractivity contribution in [3.63, 3.8) is 0 Å². The number of amides is 3. The van der Waals surface area contributed by atoms with Crippen LogP contribution >= 0.6 is 11.3 Å². The van der Waals surface area contributed by atoms with Crippen LogP contribution < -0.4 is 25.2 Å². The summed E-state index contributed by atoms with van der Waals surface area (Å²) in [5, 5.41) is 22.4. The van der Waals surface area contributed by atoms with Gasteiger partial charge in [-0.2, -0.15) is 5.10 Å². The van der Waals surface area contributed by atoms with Crippen molar-refractivity contribution in [2.45, 2.75) is 83.3 Å². The number of aromatic nitrogens is 4. The number of para-hydroxylation sites is 2. The van der Waals surface area contributed by atoms with E-state index in [9.17, 15) is 24.3 Å². The summed E-state index contributed by atoms with van der Waals surface area (Å²) >= 11 is 1.44. The van der Waals surface area contributed by atoms with Gasteiger partial charge in [0, 0.05) is 69.3 Å². The van der Waals surface area contributed by atoms with Crippen molar-refractivity contribution >= 4 is 72.8 Å². The molecule has 2 saturated heterocycles. The van der Waals surface area contributed by atoms with Gasteiger partial charge in [-0.3, -0.25) is 34.6 Å². The van der Waals surface area contributed by atoms with Gasteiger partial charge < -0.3 is 19.6 Å². The van der Waals surface area contributed by atoms with Crippen LogP contribution in [0.2, 0.25) is 0 Å². The van der Waals surface area contributed by atoms with E-state index in [0.29, 0.717) is 66.3 Å². The number of hydrogen-bond acceptors (Lipinski definition) is 12. The molecule has 0 bridgehead atoms. The van der Waals surface area contributed by atoms with Crippen LogP contribution in [0.5, 0.6) is 5.75 Å². The zero-order chi connectivity index (χ0) is 50.6. The lowest BCUT2D eigenvalue weighted by Crippen LogP contribution is -2.46. The van der Waals surface area contributed by atoms with Crippen molar-refractivity contribution in [2.75, 3.05) is 54.4 Å². The average Bonchev–Trinajstić information content (AvgIpc) is 4.18. The third-order valence-corrected chi connectivity index (χ3v) is 17.6. The van der Waals surface area contributed by atoms with Crippen LogP contribution in [0.15, 0.2) is 91.0 Å². The number of rotatable bonds is 13. The van der Waals surface area contributed by atoms with E-state index >= 15 is 0 Å². The maximum absolute atomic E-state index is 13.7. The Bertz CT molecular complexity index is 3300. The number of thiazole rings is 1. The molecule has 15 nitrogen and oxygen atoms in total. The summed E-state index contributed by atoms with van der Waals surface area (Å²) in [7, 11) is 1.95. The normalized spacial score (nSPS) is 22.0. The molecule has 5 aliphatic rings. The average molecular weight is 1010 g/mol. The number of carbonyl (C=O) groups excluding carboxylic acids is 3. The van der Waals surface area contributed by atoms with Gasteiger partial charge in [0.1, 0.15) is 11.6 Å². The van der Waals surface area contributed by atoms with Gasteiger partial charge in [-0.1, -0.05) is 59.9 Å². The van der Waals surface area contributed by atoms with E-state index in [-0.39, 0.29) is 29.5 Å². The summed E-state index contributed by atoms with van der Waals surface area (Å²) in [6.07, 6.45) is 8.71. The van der Waals surface area contributed by atoms with E-state index < -0.39 is 11.9 Å². The van der Waals surface area contributed by atoms with Crippen molar-refractivity contribution in [2.24, 2.45) is 24.8 Å². The fourth-order valence-electron chi connectivity index (χ4n) is 12.9. The molecule has 7 aromatic rings. The molecule has 3 unspecified atom stereocenters. The van der Waals surface area contributed by atoms with Crippen LogP contribution in [0.3, 0.4) is 0 Å². The molecular formula is C58H61N9O6S. The molecule has 3 amide bonds. The maximum atomic E-state index is 13.7. The lowest BCUT2D eigenvalue weighted by molar-refractivity contribution is -0.134. The highest BCUT2D eigenvalue weighted by atomic mass is 32.1. The monoisotopic (exact) mass is 1010 g/mol. The number of aryl methyl sites for hydroxylation is 1. The van der Waals surface area contributed by atoms with Crippen molar-refractivity contribution < 1.29 is 29.0 Å². The highest BCUT2D eigenvalue weighted by molar-refractivity contribution is 7.22. The van der Waals surface area contributed by atoms with Gasteiger partial charge in [0.2, 0.25) is 11.8 Å². The zero-order valence-electron chi connectivity index (χ0n) is 41.9. The predicted molar refractivity (Wildman–Crippen MR) is 287 cm³/mol. The van der Waals surface area contributed by atoms with E-state index in [1.54, 1.807) is 0 Å². The minimum absolute atomic E-state index is 0.0128. The van der Waals surface area contributed by atoms with Crippen LogP contribution in [-0.2, 0) is 29.6 Å². The zero-order valence-corrected chi connectivity index (χ0v) is 42.7. The van der Waals surface area contributed by atoms with Crippen LogP contribution in [0.4, 0.5) is 16.6 Å². The summed E-state index contributed by atoms with van der Waals surface area (Å²) in [5.41, 5.74) is 8.59. The molecular weight excluding hydrogens is 951 g/mol. The van der Waals surface area contributed by atoms with E-state index in [0.717, 1.165) is 112 Å². The number of carboxylic acid groups (broad SMARTS) is 1. The third kappa shape index (κ3) is 9.27. The number of imide groups is 1. The maximum Gasteiger partial charge on any atom is 0.355 e. The summed E-state index contributed by atoms with van der Waals surface area (Å²) in [4.78, 5) is 67.7. The number of nitrogens with one attached hydrogen (secondary N) is 2. The molecule has 2 saturated carbocycles. The van der Waals surface area contributed by atoms with E-state index in [4.69, 9.17) is 14.8 Å². The predicted octanol–water partition coefficient (Wildman–Crippen LogP) is 9.37. The number of hydrogen-bond donors (Lipinski definition) is 3. The number of carboxylic acids is 1. The van der Waals surface area contributed by atoms with Gasteiger partial charge in [-0.25, -0.2) is 14.8 Å². The Hall–Kier alpha value is -7.17. The number of piperazine rings is 1. The Balaban J connectivity index is 0.633. The lowest BCUT2D eigenvalue weighted by atomic mass is 9.92. The summed E-state index contributed by atoms with van der Waals surface area (Å²) in [5.74, 6) is 1.23. The highest BCUT2D eigenvalue weighted by Crippen LogP contribution is 2.49. The Morgan fingerprint density at radius 3 is 2.43 bits per heavy atom. The molecule has 6 heterocycles. The van der Waals surface area contributed by atoms with E-state index in [2.05, 4.69) is 48.5 Å². The van der Waals surface area contributed by atoms with Crippen molar-refractivity contribution in [1.82, 2.24) is 30.0 Å². The first-order valence-electron chi connectivity index (χ1n) is 26.3. The SMILES string of the molecule is Cc1c(OC2CC3CC(CCCN4CCN(c5cccc6c(C7CCC(=O)NC7=O)nn(C)c56)CC4)CC3C2)cccc1-c1ccc(N2CCc3cccc(C(=O)Nc4nc5ccccc5s4)c3C2)nc1C(=O)O. The number of fused-ring (bicyclic) bond motifs is 4. The molecule has 4 aromatic carbocycles. The number of anilines is 3. The number of piperidine rings is 1. The van der Waals surface area contributed by atoms with E-state index in [1.165, 1.54) is 37.0 Å². The second kappa shape index (κ2) is 19.9. The molecule has 0 radical (unpaired) electrons. The molecule has 3 N–H and O–H groups in total. The number of pyridine rings is 1. The second-order valence-electron chi connectivity index (χ2n) is 21.1. The van der Waals surface area contributed by atoms with Crippen molar-refractivity contribution in [3.05, 3.63) is 125 Å². The smallest absolute Gasteiger partial charge is 0.355 e. The quantitative estimate of drug-likeness (QED) is 0.0936. The van der Waals surface area contributed by atoms with Gasteiger partial charge in [0.05, 0.1) is 39.1 Å². The van der Waals surface area contributed by atoms with Gasteiger partial charge in [-0.05, 0) is 147 Å². The molecule has 0 spiro atoms. The fraction of sp³-hybridized carbons (Fsp3) is 0.397. The first-order valence-corrected chi connectivity index (χ1v) is 27.1. The Labute approximate surface area is 433 Å².